The van der Waals surface area contributed by atoms with E-state index >= 15 is 0 Å². The highest BCUT2D eigenvalue weighted by molar-refractivity contribution is 5.42. The van der Waals surface area contributed by atoms with Gasteiger partial charge in [0.05, 0.1) is 6.61 Å². The van der Waals surface area contributed by atoms with Gasteiger partial charge in [0.1, 0.15) is 5.69 Å². The predicted molar refractivity (Wildman–Crippen MR) is 51.8 cm³/mol. The van der Waals surface area contributed by atoms with Gasteiger partial charge in [-0.3, -0.25) is 0 Å². The minimum atomic E-state index is -1.07. The van der Waals surface area contributed by atoms with Crippen LogP contribution in [0.5, 0.6) is 5.88 Å². The first-order chi connectivity index (χ1) is 6.67. The minimum absolute atomic E-state index is 0.343. The van der Waals surface area contributed by atoms with Gasteiger partial charge in [0.15, 0.2) is 6.29 Å². The third kappa shape index (κ3) is 2.58. The SMILES string of the molecule is CCOc1cc(N)cc(C(O)OC)n1. The highest BCUT2D eigenvalue weighted by atomic mass is 16.6. The Morgan fingerprint density at radius 1 is 1.57 bits per heavy atom. The molecule has 1 aromatic rings. The van der Waals surface area contributed by atoms with Crippen LogP contribution in [0.25, 0.3) is 0 Å². The van der Waals surface area contributed by atoms with Crippen LogP contribution >= 0.6 is 0 Å². The van der Waals surface area contributed by atoms with E-state index in [-0.39, 0.29) is 0 Å². The lowest BCUT2D eigenvalue weighted by molar-refractivity contribution is -0.0800. The number of pyridine rings is 1. The summed E-state index contributed by atoms with van der Waals surface area (Å²) in [6, 6.07) is 3.13. The zero-order valence-corrected chi connectivity index (χ0v) is 8.23. The lowest BCUT2D eigenvalue weighted by Gasteiger charge is -2.10. The second kappa shape index (κ2) is 4.78. The molecule has 0 aliphatic heterocycles. The number of aromatic nitrogens is 1. The zero-order chi connectivity index (χ0) is 10.6. The second-order valence-electron chi connectivity index (χ2n) is 2.68. The fourth-order valence-corrected chi connectivity index (χ4v) is 1.02. The van der Waals surface area contributed by atoms with Crippen molar-refractivity contribution < 1.29 is 14.6 Å². The number of nitrogen functional groups attached to an aromatic ring is 1. The smallest absolute Gasteiger partial charge is 0.215 e. The van der Waals surface area contributed by atoms with Crippen molar-refractivity contribution in [2.45, 2.75) is 13.2 Å². The second-order valence-corrected chi connectivity index (χ2v) is 2.68. The highest BCUT2D eigenvalue weighted by Gasteiger charge is 2.09. The van der Waals surface area contributed by atoms with Crippen LogP contribution in [0.3, 0.4) is 0 Å². The number of rotatable bonds is 4. The fraction of sp³-hybridized carbons (Fsp3) is 0.444. The maximum atomic E-state index is 9.35. The van der Waals surface area contributed by atoms with Crippen LogP contribution < -0.4 is 10.5 Å². The summed E-state index contributed by atoms with van der Waals surface area (Å²) >= 11 is 0. The summed E-state index contributed by atoms with van der Waals surface area (Å²) < 4.78 is 9.87. The Bertz CT molecular complexity index is 304. The molecule has 1 heterocycles. The first-order valence-electron chi connectivity index (χ1n) is 4.28. The maximum absolute atomic E-state index is 9.35. The Morgan fingerprint density at radius 3 is 2.86 bits per heavy atom. The van der Waals surface area contributed by atoms with Crippen LogP contribution in [0.15, 0.2) is 12.1 Å². The van der Waals surface area contributed by atoms with Gasteiger partial charge in [0.25, 0.3) is 0 Å². The average molecular weight is 198 g/mol. The van der Waals surface area contributed by atoms with Crippen molar-refractivity contribution in [3.8, 4) is 5.88 Å². The molecule has 1 rings (SSSR count). The number of nitrogens with zero attached hydrogens (tertiary/aromatic N) is 1. The van der Waals surface area contributed by atoms with Crippen molar-refractivity contribution in [1.82, 2.24) is 4.98 Å². The number of aliphatic hydroxyl groups excluding tert-OH is 1. The van der Waals surface area contributed by atoms with E-state index in [0.717, 1.165) is 0 Å². The van der Waals surface area contributed by atoms with Gasteiger partial charge in [0, 0.05) is 18.9 Å². The quantitative estimate of drug-likeness (QED) is 0.696. The van der Waals surface area contributed by atoms with Gasteiger partial charge >= 0.3 is 0 Å². The van der Waals surface area contributed by atoms with E-state index in [2.05, 4.69) is 4.98 Å². The monoisotopic (exact) mass is 198 g/mol. The van der Waals surface area contributed by atoms with E-state index in [9.17, 15) is 5.11 Å². The summed E-state index contributed by atoms with van der Waals surface area (Å²) in [5.41, 5.74) is 6.42. The molecule has 0 spiro atoms. The number of nitrogens with two attached hydrogens (primary N) is 1. The first-order valence-corrected chi connectivity index (χ1v) is 4.28. The van der Waals surface area contributed by atoms with Crippen molar-refractivity contribution in [2.24, 2.45) is 0 Å². The molecule has 0 saturated carbocycles. The van der Waals surface area contributed by atoms with Crippen LogP contribution in [0, 0.1) is 0 Å². The third-order valence-corrected chi connectivity index (χ3v) is 1.61. The van der Waals surface area contributed by atoms with Gasteiger partial charge in [-0.15, -0.1) is 0 Å². The number of methoxy groups -OCH3 is 1. The topological polar surface area (TPSA) is 77.6 Å². The Hall–Kier alpha value is -1.33. The molecule has 0 aliphatic rings. The number of aliphatic hydroxyl groups is 1. The standard InChI is InChI=1S/C9H14N2O3/c1-3-14-8-5-6(10)4-7(11-8)9(12)13-2/h4-5,9,12H,3H2,1-2H3,(H2,10,11). The van der Waals surface area contributed by atoms with E-state index in [1.54, 1.807) is 6.07 Å². The molecule has 1 unspecified atom stereocenters. The molecule has 1 aromatic heterocycles. The van der Waals surface area contributed by atoms with E-state index in [0.29, 0.717) is 23.9 Å². The summed E-state index contributed by atoms with van der Waals surface area (Å²) in [5, 5.41) is 9.35. The molecule has 0 bridgehead atoms. The van der Waals surface area contributed by atoms with E-state index in [1.807, 2.05) is 6.92 Å². The fourth-order valence-electron chi connectivity index (χ4n) is 1.02. The highest BCUT2D eigenvalue weighted by Crippen LogP contribution is 2.19. The van der Waals surface area contributed by atoms with Crippen molar-refractivity contribution in [2.75, 3.05) is 19.5 Å². The summed E-state index contributed by atoms with van der Waals surface area (Å²) in [6.07, 6.45) is -1.07. The molecule has 0 fully saturated rings. The van der Waals surface area contributed by atoms with Gasteiger partial charge < -0.3 is 20.3 Å². The van der Waals surface area contributed by atoms with E-state index in [4.69, 9.17) is 15.2 Å². The molecule has 0 radical (unpaired) electrons. The number of hydrogen-bond acceptors (Lipinski definition) is 5. The molecule has 3 N–H and O–H groups in total. The molecule has 5 heteroatoms. The van der Waals surface area contributed by atoms with Crippen LogP contribution in [0.4, 0.5) is 5.69 Å². The lowest BCUT2D eigenvalue weighted by Crippen LogP contribution is -2.05. The average Bonchev–Trinajstić information content (AvgIpc) is 2.16. The lowest BCUT2D eigenvalue weighted by atomic mass is 10.3. The number of anilines is 1. The largest absolute Gasteiger partial charge is 0.478 e. The van der Waals surface area contributed by atoms with Crippen LogP contribution in [0.1, 0.15) is 18.9 Å². The van der Waals surface area contributed by atoms with Gasteiger partial charge in [-0.1, -0.05) is 0 Å². The van der Waals surface area contributed by atoms with Gasteiger partial charge in [-0.2, -0.15) is 0 Å². The first kappa shape index (κ1) is 10.7. The van der Waals surface area contributed by atoms with Crippen molar-refractivity contribution >= 4 is 5.69 Å². The molecule has 14 heavy (non-hydrogen) atoms. The normalized spacial score (nSPS) is 12.5. The minimum Gasteiger partial charge on any atom is -0.478 e. The molecule has 0 amide bonds. The molecule has 0 aromatic carbocycles. The molecular weight excluding hydrogens is 184 g/mol. The van der Waals surface area contributed by atoms with E-state index < -0.39 is 6.29 Å². The molecule has 78 valence electrons. The zero-order valence-electron chi connectivity index (χ0n) is 8.23. The summed E-state index contributed by atoms with van der Waals surface area (Å²) in [5.74, 6) is 0.388. The third-order valence-electron chi connectivity index (χ3n) is 1.61. The Morgan fingerprint density at radius 2 is 2.29 bits per heavy atom. The van der Waals surface area contributed by atoms with Crippen molar-refractivity contribution in [1.29, 1.82) is 0 Å². The van der Waals surface area contributed by atoms with E-state index in [1.165, 1.54) is 13.2 Å². The van der Waals surface area contributed by atoms with Gasteiger partial charge in [-0.25, -0.2) is 4.98 Å². The number of hydrogen-bond donors (Lipinski definition) is 2. The Labute approximate surface area is 82.5 Å². The van der Waals surface area contributed by atoms with Crippen LogP contribution in [-0.2, 0) is 4.74 Å². The van der Waals surface area contributed by atoms with Gasteiger partial charge in [-0.05, 0) is 13.0 Å². The molecular formula is C9H14N2O3. The predicted octanol–water partition coefficient (Wildman–Crippen LogP) is 0.700. The molecule has 5 nitrogen and oxygen atoms in total. The van der Waals surface area contributed by atoms with Crippen LogP contribution in [-0.4, -0.2) is 23.8 Å². The molecule has 0 aliphatic carbocycles. The van der Waals surface area contributed by atoms with Gasteiger partial charge in [0.2, 0.25) is 5.88 Å². The summed E-state index contributed by atoms with van der Waals surface area (Å²) in [4.78, 5) is 4.02. The maximum Gasteiger partial charge on any atom is 0.215 e. The summed E-state index contributed by atoms with van der Waals surface area (Å²) in [6.45, 7) is 2.34. The Kier molecular flexibility index (Phi) is 3.67. The molecule has 1 atom stereocenters. The Balaban J connectivity index is 2.94. The number of ether oxygens (including phenoxy) is 2. The van der Waals surface area contributed by atoms with Crippen molar-refractivity contribution in [3.63, 3.8) is 0 Å². The molecule has 0 saturated heterocycles. The van der Waals surface area contributed by atoms with Crippen molar-refractivity contribution in [3.05, 3.63) is 17.8 Å². The summed E-state index contributed by atoms with van der Waals surface area (Å²) in [7, 11) is 1.38. The van der Waals surface area contributed by atoms with Crippen LogP contribution in [0.2, 0.25) is 0 Å².